The molecule has 2 aromatic rings. The van der Waals surface area contributed by atoms with Crippen molar-refractivity contribution >= 4 is 29.3 Å². The molecule has 30 heavy (non-hydrogen) atoms. The highest BCUT2D eigenvalue weighted by Gasteiger charge is 2.38. The standard InChI is InChI=1S/C21H21ClFN3O4/c22-16-13-14(23)5-6-15(16)19(27)24-8-10-25(11-9-24)20(28)17-3-1-7-26(17)21(29)18-4-2-12-30-18/h2,4-6,12-13,17H,1,3,7-11H2. The minimum atomic E-state index is -0.517. The average molecular weight is 434 g/mol. The predicted molar refractivity (Wildman–Crippen MR) is 107 cm³/mol. The molecule has 3 heterocycles. The number of carbonyl (C=O) groups excluding carboxylic acids is 3. The number of halogens is 2. The number of furan rings is 1. The molecule has 1 aromatic heterocycles. The maximum absolute atomic E-state index is 13.2. The van der Waals surface area contributed by atoms with E-state index in [0.29, 0.717) is 39.1 Å². The van der Waals surface area contributed by atoms with Crippen molar-refractivity contribution in [2.75, 3.05) is 32.7 Å². The number of hydrogen-bond acceptors (Lipinski definition) is 4. The van der Waals surface area contributed by atoms with Crippen LogP contribution in [0.3, 0.4) is 0 Å². The fourth-order valence-corrected chi connectivity index (χ4v) is 4.23. The summed E-state index contributed by atoms with van der Waals surface area (Å²) in [7, 11) is 0. The molecule has 7 nitrogen and oxygen atoms in total. The van der Waals surface area contributed by atoms with Crippen LogP contribution in [0.2, 0.25) is 5.02 Å². The summed E-state index contributed by atoms with van der Waals surface area (Å²) >= 11 is 6.00. The Bertz CT molecular complexity index is 957. The molecule has 0 spiro atoms. The number of rotatable bonds is 3. The van der Waals surface area contributed by atoms with Crippen LogP contribution in [0.1, 0.15) is 33.8 Å². The summed E-state index contributed by atoms with van der Waals surface area (Å²) in [4.78, 5) is 43.2. The van der Waals surface area contributed by atoms with Crippen LogP contribution >= 0.6 is 11.6 Å². The van der Waals surface area contributed by atoms with E-state index in [1.54, 1.807) is 26.8 Å². The van der Waals surface area contributed by atoms with Gasteiger partial charge in [-0.3, -0.25) is 14.4 Å². The van der Waals surface area contributed by atoms with Gasteiger partial charge in [-0.05, 0) is 43.2 Å². The van der Waals surface area contributed by atoms with Gasteiger partial charge < -0.3 is 19.1 Å². The first kappa shape index (κ1) is 20.4. The van der Waals surface area contributed by atoms with E-state index in [-0.39, 0.29) is 34.1 Å². The number of piperazine rings is 1. The Morgan fingerprint density at radius 3 is 2.40 bits per heavy atom. The molecule has 158 valence electrons. The summed E-state index contributed by atoms with van der Waals surface area (Å²) in [5, 5.41) is 0.0662. The van der Waals surface area contributed by atoms with Crippen LogP contribution in [0.15, 0.2) is 41.0 Å². The number of nitrogens with zero attached hydrogens (tertiary/aromatic N) is 3. The van der Waals surface area contributed by atoms with Crippen molar-refractivity contribution in [3.63, 3.8) is 0 Å². The largest absolute Gasteiger partial charge is 0.459 e. The monoisotopic (exact) mass is 433 g/mol. The molecule has 1 aromatic carbocycles. The zero-order chi connectivity index (χ0) is 21.3. The lowest BCUT2D eigenvalue weighted by molar-refractivity contribution is -0.136. The minimum Gasteiger partial charge on any atom is -0.459 e. The second kappa shape index (κ2) is 8.47. The van der Waals surface area contributed by atoms with Crippen molar-refractivity contribution in [2.45, 2.75) is 18.9 Å². The summed E-state index contributed by atoms with van der Waals surface area (Å²) in [5.41, 5.74) is 0.240. The summed E-state index contributed by atoms with van der Waals surface area (Å²) in [6.07, 6.45) is 2.80. The molecule has 2 fully saturated rings. The van der Waals surface area contributed by atoms with E-state index < -0.39 is 11.9 Å². The van der Waals surface area contributed by atoms with Crippen molar-refractivity contribution in [1.29, 1.82) is 0 Å². The maximum atomic E-state index is 13.2. The summed E-state index contributed by atoms with van der Waals surface area (Å²) < 4.78 is 18.4. The molecule has 0 bridgehead atoms. The normalized spacial score (nSPS) is 19.3. The first-order valence-corrected chi connectivity index (χ1v) is 10.2. The molecule has 1 atom stereocenters. The van der Waals surface area contributed by atoms with E-state index in [2.05, 4.69) is 0 Å². The van der Waals surface area contributed by atoms with Crippen LogP contribution in [0, 0.1) is 5.82 Å². The second-order valence-electron chi connectivity index (χ2n) is 7.38. The maximum Gasteiger partial charge on any atom is 0.290 e. The van der Waals surface area contributed by atoms with Crippen molar-refractivity contribution in [2.24, 2.45) is 0 Å². The minimum absolute atomic E-state index is 0.0662. The quantitative estimate of drug-likeness (QED) is 0.746. The predicted octanol–water partition coefficient (Wildman–Crippen LogP) is 2.66. The number of amides is 3. The van der Waals surface area contributed by atoms with E-state index in [4.69, 9.17) is 16.0 Å². The third-order valence-corrected chi connectivity index (χ3v) is 5.88. The van der Waals surface area contributed by atoms with Crippen molar-refractivity contribution in [1.82, 2.24) is 14.7 Å². The lowest BCUT2D eigenvalue weighted by Crippen LogP contribution is -2.55. The summed E-state index contributed by atoms with van der Waals surface area (Å²) in [6, 6.07) is 6.39. The Balaban J connectivity index is 1.38. The zero-order valence-corrected chi connectivity index (χ0v) is 17.0. The van der Waals surface area contributed by atoms with Crippen LogP contribution in [-0.4, -0.2) is 71.2 Å². The van der Waals surface area contributed by atoms with Gasteiger partial charge in [0.25, 0.3) is 11.8 Å². The third-order valence-electron chi connectivity index (χ3n) is 5.57. The number of carbonyl (C=O) groups is 3. The summed E-state index contributed by atoms with van der Waals surface area (Å²) in [6.45, 7) is 1.93. The zero-order valence-electron chi connectivity index (χ0n) is 16.2. The highest BCUT2D eigenvalue weighted by Crippen LogP contribution is 2.24. The smallest absolute Gasteiger partial charge is 0.290 e. The summed E-state index contributed by atoms with van der Waals surface area (Å²) in [5.74, 6) is -0.962. The van der Waals surface area contributed by atoms with Gasteiger partial charge in [-0.25, -0.2) is 4.39 Å². The second-order valence-corrected chi connectivity index (χ2v) is 7.78. The Morgan fingerprint density at radius 2 is 1.73 bits per heavy atom. The SMILES string of the molecule is O=C(c1ccc(F)cc1Cl)N1CCN(C(=O)C2CCCN2C(=O)c2ccco2)CC1. The molecular formula is C21H21ClFN3O4. The first-order chi connectivity index (χ1) is 14.5. The third kappa shape index (κ3) is 3.92. The molecule has 3 amide bonds. The van der Waals surface area contributed by atoms with Crippen molar-refractivity contribution in [3.8, 4) is 0 Å². The number of hydrogen-bond donors (Lipinski definition) is 0. The average Bonchev–Trinajstić information content (AvgIpc) is 3.45. The van der Waals surface area contributed by atoms with Gasteiger partial charge in [0, 0.05) is 32.7 Å². The molecule has 2 saturated heterocycles. The van der Waals surface area contributed by atoms with Crippen LogP contribution in [-0.2, 0) is 4.79 Å². The molecule has 9 heteroatoms. The van der Waals surface area contributed by atoms with Crippen LogP contribution in [0.5, 0.6) is 0 Å². The van der Waals surface area contributed by atoms with E-state index in [9.17, 15) is 18.8 Å². The van der Waals surface area contributed by atoms with Gasteiger partial charge >= 0.3 is 0 Å². The fraction of sp³-hybridized carbons (Fsp3) is 0.381. The highest BCUT2D eigenvalue weighted by atomic mass is 35.5. The molecule has 0 aliphatic carbocycles. The Labute approximate surface area is 178 Å². The molecule has 0 saturated carbocycles. The topological polar surface area (TPSA) is 74.1 Å². The van der Waals surface area contributed by atoms with Gasteiger partial charge in [0.05, 0.1) is 16.8 Å². The van der Waals surface area contributed by atoms with Crippen molar-refractivity contribution < 1.29 is 23.2 Å². The lowest BCUT2D eigenvalue weighted by Gasteiger charge is -2.37. The van der Waals surface area contributed by atoms with E-state index in [0.717, 1.165) is 12.5 Å². The van der Waals surface area contributed by atoms with Gasteiger partial charge in [-0.15, -0.1) is 0 Å². The van der Waals surface area contributed by atoms with Gasteiger partial charge in [-0.1, -0.05) is 11.6 Å². The first-order valence-electron chi connectivity index (χ1n) is 9.83. The van der Waals surface area contributed by atoms with Crippen LogP contribution in [0.25, 0.3) is 0 Å². The van der Waals surface area contributed by atoms with Gasteiger partial charge in [0.1, 0.15) is 11.9 Å². The molecular weight excluding hydrogens is 413 g/mol. The fourth-order valence-electron chi connectivity index (χ4n) is 3.98. The molecule has 1 unspecified atom stereocenters. The van der Waals surface area contributed by atoms with E-state index in [1.807, 2.05) is 0 Å². The molecule has 2 aliphatic heterocycles. The van der Waals surface area contributed by atoms with Gasteiger partial charge in [-0.2, -0.15) is 0 Å². The van der Waals surface area contributed by atoms with Crippen LogP contribution in [0.4, 0.5) is 4.39 Å². The molecule has 2 aliphatic rings. The Morgan fingerprint density at radius 1 is 1.00 bits per heavy atom. The lowest BCUT2D eigenvalue weighted by atomic mass is 10.1. The van der Waals surface area contributed by atoms with Gasteiger partial charge in [0.15, 0.2) is 5.76 Å². The van der Waals surface area contributed by atoms with E-state index in [1.165, 1.54) is 18.4 Å². The molecule has 4 rings (SSSR count). The Hall–Kier alpha value is -2.87. The molecule has 0 radical (unpaired) electrons. The highest BCUT2D eigenvalue weighted by molar-refractivity contribution is 6.33. The van der Waals surface area contributed by atoms with Gasteiger partial charge in [0.2, 0.25) is 5.91 Å². The van der Waals surface area contributed by atoms with Crippen molar-refractivity contribution in [3.05, 3.63) is 58.8 Å². The molecule has 0 N–H and O–H groups in total. The van der Waals surface area contributed by atoms with E-state index >= 15 is 0 Å². The number of benzene rings is 1. The number of likely N-dealkylation sites (tertiary alicyclic amines) is 1. The Kier molecular flexibility index (Phi) is 5.76. The van der Waals surface area contributed by atoms with Crippen LogP contribution < -0.4 is 0 Å².